The summed E-state index contributed by atoms with van der Waals surface area (Å²) in [6, 6.07) is 15.3. The quantitative estimate of drug-likeness (QED) is 0.686. The molecular formula is C20H24N2O6S2. The first-order valence-corrected chi connectivity index (χ1v) is 12.6. The minimum atomic E-state index is -3.74. The molecule has 0 unspecified atom stereocenters. The van der Waals surface area contributed by atoms with Gasteiger partial charge in [0.25, 0.3) is 0 Å². The number of carbonyl (C=O) groups excluding carboxylic acids is 1. The second kappa shape index (κ2) is 9.15. The van der Waals surface area contributed by atoms with Crippen LogP contribution in [0.3, 0.4) is 0 Å². The van der Waals surface area contributed by atoms with Crippen LogP contribution in [-0.4, -0.2) is 58.2 Å². The van der Waals surface area contributed by atoms with Crippen LogP contribution in [0.1, 0.15) is 12.8 Å². The highest BCUT2D eigenvalue weighted by atomic mass is 32.2. The summed E-state index contributed by atoms with van der Waals surface area (Å²) in [4.78, 5) is 11.5. The van der Waals surface area contributed by atoms with Crippen molar-refractivity contribution in [3.63, 3.8) is 0 Å². The number of hydrogen-bond donors (Lipinski definition) is 1. The number of sulfonamides is 1. The maximum absolute atomic E-state index is 12.9. The van der Waals surface area contributed by atoms with Crippen LogP contribution in [0.25, 0.3) is 0 Å². The zero-order valence-electron chi connectivity index (χ0n) is 16.5. The van der Waals surface area contributed by atoms with Gasteiger partial charge >= 0.3 is 0 Å². The van der Waals surface area contributed by atoms with Gasteiger partial charge in [0.1, 0.15) is 17.3 Å². The molecule has 1 aliphatic heterocycles. The fraction of sp³-hybridized carbons (Fsp3) is 0.350. The Bertz CT molecular complexity index is 1080. The Hall–Kier alpha value is -2.43. The predicted octanol–water partition coefficient (Wildman–Crippen LogP) is 1.79. The van der Waals surface area contributed by atoms with Crippen molar-refractivity contribution in [2.75, 3.05) is 25.9 Å². The second-order valence-electron chi connectivity index (χ2n) is 6.97. The average Bonchev–Trinajstić information content (AvgIpc) is 2.74. The molecule has 0 atom stereocenters. The van der Waals surface area contributed by atoms with Gasteiger partial charge in [-0.3, -0.25) is 4.79 Å². The molecule has 2 aromatic carbocycles. The Morgan fingerprint density at radius 2 is 1.53 bits per heavy atom. The summed E-state index contributed by atoms with van der Waals surface area (Å²) in [5.41, 5.74) is 0. The van der Waals surface area contributed by atoms with Gasteiger partial charge < -0.3 is 10.1 Å². The van der Waals surface area contributed by atoms with E-state index in [2.05, 4.69) is 5.32 Å². The SMILES string of the molecule is CNC(=O)CS(=O)(=O)C1CCN(S(=O)(=O)c2ccc(Oc3ccccc3)cc2)CC1. The smallest absolute Gasteiger partial charge is 0.243 e. The molecule has 30 heavy (non-hydrogen) atoms. The third-order valence-corrected chi connectivity index (χ3v) is 9.02. The predicted molar refractivity (Wildman–Crippen MR) is 113 cm³/mol. The van der Waals surface area contributed by atoms with Crippen molar-refractivity contribution in [3.05, 3.63) is 54.6 Å². The Labute approximate surface area is 176 Å². The summed E-state index contributed by atoms with van der Waals surface area (Å²) >= 11 is 0. The Kier molecular flexibility index (Phi) is 6.79. The van der Waals surface area contributed by atoms with Crippen molar-refractivity contribution in [2.24, 2.45) is 0 Å². The number of para-hydroxylation sites is 1. The van der Waals surface area contributed by atoms with Crippen molar-refractivity contribution in [1.29, 1.82) is 0 Å². The van der Waals surface area contributed by atoms with Gasteiger partial charge in [0.2, 0.25) is 15.9 Å². The van der Waals surface area contributed by atoms with Crippen LogP contribution in [0.15, 0.2) is 59.5 Å². The van der Waals surface area contributed by atoms with Crippen molar-refractivity contribution in [3.8, 4) is 11.5 Å². The van der Waals surface area contributed by atoms with Gasteiger partial charge in [0.05, 0.1) is 10.1 Å². The third kappa shape index (κ3) is 5.18. The number of sulfone groups is 1. The minimum absolute atomic E-state index is 0.0856. The van der Waals surface area contributed by atoms with E-state index in [9.17, 15) is 21.6 Å². The van der Waals surface area contributed by atoms with Gasteiger partial charge in [-0.05, 0) is 49.2 Å². The van der Waals surface area contributed by atoms with E-state index in [-0.39, 0.29) is 30.8 Å². The third-order valence-electron chi connectivity index (χ3n) is 4.96. The highest BCUT2D eigenvalue weighted by Crippen LogP contribution is 2.27. The molecule has 0 spiro atoms. The van der Waals surface area contributed by atoms with Crippen molar-refractivity contribution < 1.29 is 26.4 Å². The Balaban J connectivity index is 1.64. The van der Waals surface area contributed by atoms with Crippen LogP contribution in [0.4, 0.5) is 0 Å². The van der Waals surface area contributed by atoms with E-state index in [0.717, 1.165) is 0 Å². The number of benzene rings is 2. The van der Waals surface area contributed by atoms with Crippen LogP contribution in [0.5, 0.6) is 11.5 Å². The fourth-order valence-corrected chi connectivity index (χ4v) is 6.40. The van der Waals surface area contributed by atoms with Gasteiger partial charge in [-0.15, -0.1) is 0 Å². The lowest BCUT2D eigenvalue weighted by molar-refractivity contribution is -0.118. The number of rotatable bonds is 7. The molecule has 10 heteroatoms. The molecule has 1 N–H and O–H groups in total. The number of ether oxygens (including phenoxy) is 1. The van der Waals surface area contributed by atoms with E-state index in [1.54, 1.807) is 24.3 Å². The number of piperidine rings is 1. The standard InChI is InChI=1S/C20H24N2O6S2/c1-21-20(23)15-29(24,25)18-11-13-22(14-12-18)30(26,27)19-9-7-17(8-10-19)28-16-5-3-2-4-6-16/h2-10,18H,11-15H2,1H3,(H,21,23). The van der Waals surface area contributed by atoms with Crippen molar-refractivity contribution in [1.82, 2.24) is 9.62 Å². The summed E-state index contributed by atoms with van der Waals surface area (Å²) in [7, 11) is -5.98. The average molecular weight is 453 g/mol. The Morgan fingerprint density at radius 3 is 2.10 bits per heavy atom. The molecule has 0 radical (unpaired) electrons. The van der Waals surface area contributed by atoms with Gasteiger partial charge in [-0.1, -0.05) is 18.2 Å². The molecule has 1 saturated heterocycles. The first kappa shape index (κ1) is 22.3. The monoisotopic (exact) mass is 452 g/mol. The number of hydrogen-bond acceptors (Lipinski definition) is 6. The van der Waals surface area contributed by atoms with E-state index in [1.165, 1.54) is 23.5 Å². The van der Waals surface area contributed by atoms with E-state index in [4.69, 9.17) is 4.74 Å². The minimum Gasteiger partial charge on any atom is -0.457 e. The van der Waals surface area contributed by atoms with Gasteiger partial charge in [-0.2, -0.15) is 4.31 Å². The molecule has 8 nitrogen and oxygen atoms in total. The van der Waals surface area contributed by atoms with Crippen molar-refractivity contribution >= 4 is 25.8 Å². The number of carbonyl (C=O) groups is 1. The summed E-state index contributed by atoms with van der Waals surface area (Å²) < 4.78 is 57.4. The van der Waals surface area contributed by atoms with E-state index >= 15 is 0 Å². The number of nitrogens with zero attached hydrogens (tertiary/aromatic N) is 1. The van der Waals surface area contributed by atoms with Gasteiger partial charge in [0.15, 0.2) is 9.84 Å². The molecule has 2 aromatic rings. The van der Waals surface area contributed by atoms with Crippen molar-refractivity contribution in [2.45, 2.75) is 23.0 Å². The highest BCUT2D eigenvalue weighted by molar-refractivity contribution is 7.92. The lowest BCUT2D eigenvalue weighted by Gasteiger charge is -2.30. The normalized spacial score (nSPS) is 16.2. The molecule has 1 aliphatic rings. The molecule has 0 bridgehead atoms. The first-order chi connectivity index (χ1) is 14.2. The lowest BCUT2D eigenvalue weighted by atomic mass is 10.2. The molecular weight excluding hydrogens is 428 g/mol. The fourth-order valence-electron chi connectivity index (χ4n) is 3.26. The molecule has 0 saturated carbocycles. The van der Waals surface area contributed by atoms with E-state index < -0.39 is 36.8 Å². The lowest BCUT2D eigenvalue weighted by Crippen LogP contribution is -2.44. The Morgan fingerprint density at radius 1 is 0.967 bits per heavy atom. The first-order valence-electron chi connectivity index (χ1n) is 9.47. The molecule has 0 aromatic heterocycles. The maximum atomic E-state index is 12.9. The highest BCUT2D eigenvalue weighted by Gasteiger charge is 2.35. The largest absolute Gasteiger partial charge is 0.457 e. The van der Waals surface area contributed by atoms with E-state index in [1.807, 2.05) is 18.2 Å². The van der Waals surface area contributed by atoms with Crippen LogP contribution in [-0.2, 0) is 24.7 Å². The molecule has 0 aliphatic carbocycles. The molecule has 3 rings (SSSR count). The summed E-state index contributed by atoms with van der Waals surface area (Å²) in [6.07, 6.45) is 0.321. The topological polar surface area (TPSA) is 110 Å². The van der Waals surface area contributed by atoms with Crippen LogP contribution in [0, 0.1) is 0 Å². The van der Waals surface area contributed by atoms with Gasteiger partial charge in [0, 0.05) is 20.1 Å². The van der Waals surface area contributed by atoms with Gasteiger partial charge in [-0.25, -0.2) is 16.8 Å². The molecule has 1 amide bonds. The van der Waals surface area contributed by atoms with E-state index in [0.29, 0.717) is 11.5 Å². The maximum Gasteiger partial charge on any atom is 0.243 e. The van der Waals surface area contributed by atoms with Crippen LogP contribution in [0.2, 0.25) is 0 Å². The molecule has 162 valence electrons. The number of amides is 1. The summed E-state index contributed by atoms with van der Waals surface area (Å²) in [5, 5.41) is 1.58. The summed E-state index contributed by atoms with van der Waals surface area (Å²) in [6.45, 7) is 0.171. The number of nitrogens with one attached hydrogen (secondary N) is 1. The van der Waals surface area contributed by atoms with Crippen LogP contribution < -0.4 is 10.1 Å². The van der Waals surface area contributed by atoms with Crippen LogP contribution >= 0.6 is 0 Å². The zero-order chi connectivity index (χ0) is 21.8. The molecule has 1 fully saturated rings. The summed E-state index contributed by atoms with van der Waals surface area (Å²) in [5.74, 6) is 0.0132. The second-order valence-corrected chi connectivity index (χ2v) is 11.2. The molecule has 1 heterocycles. The zero-order valence-corrected chi connectivity index (χ0v) is 18.2.